The summed E-state index contributed by atoms with van der Waals surface area (Å²) in [6.07, 6.45) is 1.42. The van der Waals surface area contributed by atoms with Crippen LogP contribution in [-0.4, -0.2) is 4.98 Å². The number of fused-ring (bicyclic) bond motifs is 1. The van der Waals surface area contributed by atoms with E-state index in [2.05, 4.69) is 4.98 Å². The number of nitrogens with zero attached hydrogens (tertiary/aromatic N) is 1. The lowest BCUT2D eigenvalue weighted by atomic mass is 10.1. The van der Waals surface area contributed by atoms with Crippen LogP contribution in [0.4, 0.5) is 4.39 Å². The lowest BCUT2D eigenvalue weighted by Gasteiger charge is -1.95. The van der Waals surface area contributed by atoms with Gasteiger partial charge in [0.1, 0.15) is 11.9 Å². The Balaban J connectivity index is 2.75. The molecular formula is C10H7FN2. The molecule has 1 aromatic heterocycles. The molecule has 0 amide bonds. The number of aromatic nitrogens is 1. The van der Waals surface area contributed by atoms with E-state index < -0.39 is 12.7 Å². The number of H-pyrrole nitrogens is 1. The fourth-order valence-corrected chi connectivity index (χ4v) is 1.24. The van der Waals surface area contributed by atoms with Gasteiger partial charge in [0.05, 0.1) is 5.56 Å². The molecule has 3 heteroatoms. The zero-order valence-electron chi connectivity index (χ0n) is 9.56. The van der Waals surface area contributed by atoms with Crippen LogP contribution in [0.5, 0.6) is 0 Å². The highest BCUT2D eigenvalue weighted by Crippen LogP contribution is 2.20. The molecule has 1 aromatic carbocycles. The summed E-state index contributed by atoms with van der Waals surface area (Å²) in [6, 6.07) is 4.19. The highest BCUT2D eigenvalue weighted by atomic mass is 19.1. The molecule has 64 valence electrons. The molecular weight excluding hydrogens is 167 g/mol. The van der Waals surface area contributed by atoms with Gasteiger partial charge in [0, 0.05) is 21.2 Å². The Kier molecular flexibility index (Phi) is 1.00. The van der Waals surface area contributed by atoms with Crippen molar-refractivity contribution in [3.8, 4) is 6.07 Å². The minimum atomic E-state index is -2.49. The first kappa shape index (κ1) is 5.03. The summed E-state index contributed by atoms with van der Waals surface area (Å²) < 4.78 is 35.0. The van der Waals surface area contributed by atoms with Crippen molar-refractivity contribution in [2.75, 3.05) is 0 Å². The van der Waals surface area contributed by atoms with Crippen molar-refractivity contribution in [3.63, 3.8) is 0 Å². The van der Waals surface area contributed by atoms with Gasteiger partial charge in [-0.3, -0.25) is 0 Å². The summed E-state index contributed by atoms with van der Waals surface area (Å²) in [4.78, 5) is 2.74. The second-order valence-electron chi connectivity index (χ2n) is 2.69. The van der Waals surface area contributed by atoms with Gasteiger partial charge in [0.25, 0.3) is 0 Å². The number of aromatic amines is 1. The van der Waals surface area contributed by atoms with Crippen molar-refractivity contribution >= 4 is 10.9 Å². The lowest BCUT2D eigenvalue weighted by molar-refractivity contribution is 0.620. The molecule has 0 saturated heterocycles. The van der Waals surface area contributed by atoms with Gasteiger partial charge in [0.2, 0.25) is 0 Å². The van der Waals surface area contributed by atoms with Crippen LogP contribution in [0.15, 0.2) is 18.3 Å². The van der Waals surface area contributed by atoms with E-state index in [1.807, 2.05) is 6.07 Å². The molecule has 0 atom stereocenters. The van der Waals surface area contributed by atoms with Gasteiger partial charge < -0.3 is 4.98 Å². The molecule has 0 spiro atoms. The number of hydrogen-bond donors (Lipinski definition) is 1. The molecule has 13 heavy (non-hydrogen) atoms. The van der Waals surface area contributed by atoms with Crippen LogP contribution < -0.4 is 0 Å². The van der Waals surface area contributed by atoms with E-state index in [0.29, 0.717) is 16.5 Å². The van der Waals surface area contributed by atoms with E-state index in [1.54, 1.807) is 0 Å². The SMILES string of the molecule is [2H]C([2H])([2H])c1cc2[nH]cc(C#N)c2cc1F. The summed E-state index contributed by atoms with van der Waals surface area (Å²) in [5, 5.41) is 9.14. The third-order valence-electron chi connectivity index (χ3n) is 1.89. The average Bonchev–Trinajstić information content (AvgIpc) is 2.57. The second-order valence-corrected chi connectivity index (χ2v) is 2.69. The smallest absolute Gasteiger partial charge is 0.126 e. The molecule has 1 N–H and O–H groups in total. The maximum atomic E-state index is 13.5. The normalized spacial score (nSPS) is 14.6. The summed E-state index contributed by atoms with van der Waals surface area (Å²) in [5.41, 5.74) is 0.404. The number of nitrogens with one attached hydrogen (secondary N) is 1. The fourth-order valence-electron chi connectivity index (χ4n) is 1.24. The molecule has 0 aliphatic rings. The Morgan fingerprint density at radius 3 is 3.15 bits per heavy atom. The molecule has 2 aromatic rings. The van der Waals surface area contributed by atoms with E-state index >= 15 is 0 Å². The van der Waals surface area contributed by atoms with Gasteiger partial charge in [-0.2, -0.15) is 5.26 Å². The summed E-state index contributed by atoms with van der Waals surface area (Å²) in [6.45, 7) is -2.49. The molecule has 0 bridgehead atoms. The number of rotatable bonds is 0. The van der Waals surface area contributed by atoms with E-state index in [0.717, 1.165) is 6.07 Å². The van der Waals surface area contributed by atoms with E-state index in [1.165, 1.54) is 12.3 Å². The zero-order chi connectivity index (χ0) is 11.9. The first-order valence-corrected chi connectivity index (χ1v) is 3.64. The van der Waals surface area contributed by atoms with Crippen LogP contribution in [0.1, 0.15) is 15.2 Å². The van der Waals surface area contributed by atoms with Gasteiger partial charge in [-0.25, -0.2) is 4.39 Å². The Hall–Kier alpha value is -1.82. The zero-order valence-corrected chi connectivity index (χ0v) is 6.56. The van der Waals surface area contributed by atoms with E-state index in [4.69, 9.17) is 9.37 Å². The largest absolute Gasteiger partial charge is 0.360 e. The minimum Gasteiger partial charge on any atom is -0.360 e. The fraction of sp³-hybridized carbons (Fsp3) is 0.100. The third-order valence-corrected chi connectivity index (χ3v) is 1.89. The minimum absolute atomic E-state index is 0.297. The summed E-state index contributed by atoms with van der Waals surface area (Å²) in [7, 11) is 0. The molecule has 2 nitrogen and oxygen atoms in total. The average molecular weight is 177 g/mol. The first-order valence-electron chi connectivity index (χ1n) is 5.14. The second kappa shape index (κ2) is 2.60. The van der Waals surface area contributed by atoms with Crippen molar-refractivity contribution in [2.45, 2.75) is 6.85 Å². The third kappa shape index (κ3) is 1.07. The number of aryl methyl sites for hydroxylation is 1. The van der Waals surface area contributed by atoms with E-state index in [-0.39, 0.29) is 5.56 Å². The topological polar surface area (TPSA) is 39.6 Å². The van der Waals surface area contributed by atoms with Crippen molar-refractivity contribution in [1.29, 1.82) is 5.26 Å². The highest BCUT2D eigenvalue weighted by molar-refractivity contribution is 5.86. The standard InChI is InChI=1S/C10H7FN2/c1-6-2-10-8(3-9(6)11)7(4-12)5-13-10/h2-3,5,13H,1H3/i1D3. The highest BCUT2D eigenvalue weighted by Gasteiger charge is 2.05. The van der Waals surface area contributed by atoms with Crippen LogP contribution in [0, 0.1) is 24.0 Å². The molecule has 2 rings (SSSR count). The maximum absolute atomic E-state index is 13.5. The Bertz CT molecular complexity index is 592. The number of halogens is 1. The van der Waals surface area contributed by atoms with Crippen LogP contribution in [-0.2, 0) is 0 Å². The molecule has 0 saturated carbocycles. The van der Waals surface area contributed by atoms with Crippen LogP contribution in [0.2, 0.25) is 0 Å². The molecule has 0 radical (unpaired) electrons. The van der Waals surface area contributed by atoms with Gasteiger partial charge in [-0.1, -0.05) is 0 Å². The van der Waals surface area contributed by atoms with Crippen molar-refractivity contribution < 1.29 is 8.50 Å². The molecule has 0 unspecified atom stereocenters. The summed E-state index contributed by atoms with van der Waals surface area (Å²) in [5.74, 6) is -0.816. The Morgan fingerprint density at radius 2 is 2.46 bits per heavy atom. The van der Waals surface area contributed by atoms with Gasteiger partial charge >= 0.3 is 0 Å². The van der Waals surface area contributed by atoms with Crippen molar-refractivity contribution in [3.05, 3.63) is 35.3 Å². The van der Waals surface area contributed by atoms with Gasteiger partial charge in [-0.15, -0.1) is 0 Å². The van der Waals surface area contributed by atoms with Crippen LogP contribution in [0.25, 0.3) is 10.9 Å². The maximum Gasteiger partial charge on any atom is 0.126 e. The Morgan fingerprint density at radius 1 is 1.62 bits per heavy atom. The van der Waals surface area contributed by atoms with Gasteiger partial charge in [0.15, 0.2) is 0 Å². The number of nitriles is 1. The predicted molar refractivity (Wildman–Crippen MR) is 47.7 cm³/mol. The quantitative estimate of drug-likeness (QED) is 0.659. The molecule has 0 aliphatic carbocycles. The lowest BCUT2D eigenvalue weighted by Crippen LogP contribution is -1.81. The molecule has 0 aliphatic heterocycles. The molecule has 1 heterocycles. The van der Waals surface area contributed by atoms with Gasteiger partial charge in [-0.05, 0) is 24.5 Å². The first-order chi connectivity index (χ1) is 7.43. The molecule has 0 fully saturated rings. The van der Waals surface area contributed by atoms with Crippen LogP contribution >= 0.6 is 0 Å². The number of hydrogen-bond acceptors (Lipinski definition) is 1. The summed E-state index contributed by atoms with van der Waals surface area (Å²) >= 11 is 0. The van der Waals surface area contributed by atoms with E-state index in [9.17, 15) is 4.39 Å². The Labute approximate surface area is 78.8 Å². The van der Waals surface area contributed by atoms with Crippen molar-refractivity contribution in [2.24, 2.45) is 0 Å². The monoisotopic (exact) mass is 177 g/mol. The number of benzene rings is 1. The van der Waals surface area contributed by atoms with Crippen LogP contribution in [0.3, 0.4) is 0 Å². The van der Waals surface area contributed by atoms with Crippen molar-refractivity contribution in [1.82, 2.24) is 4.98 Å². The predicted octanol–water partition coefficient (Wildman–Crippen LogP) is 2.49.